The second-order valence-electron chi connectivity index (χ2n) is 7.38. The smallest absolute Gasteiger partial charge is 0.331 e. The van der Waals surface area contributed by atoms with Gasteiger partial charge in [-0.15, -0.1) is 0 Å². The number of esters is 1. The monoisotopic (exact) mass is 476 g/mol. The van der Waals surface area contributed by atoms with Crippen LogP contribution in [0.4, 0.5) is 5.69 Å². The molecule has 0 spiro atoms. The molecule has 9 heteroatoms. The molecule has 7 nitrogen and oxygen atoms in total. The number of anilines is 1. The third-order valence-corrected chi connectivity index (χ3v) is 7.13. The summed E-state index contributed by atoms with van der Waals surface area (Å²) in [6.45, 7) is 0.654. The fourth-order valence-electron chi connectivity index (χ4n) is 3.26. The number of carbonyl (C=O) groups excluding carboxylic acids is 2. The van der Waals surface area contributed by atoms with Gasteiger partial charge in [0.15, 0.2) is 6.61 Å². The molecule has 0 aromatic heterocycles. The number of hydrogen-bond acceptors (Lipinski definition) is 5. The average molecular weight is 477 g/mol. The molecule has 1 aliphatic heterocycles. The molecule has 0 atom stereocenters. The van der Waals surface area contributed by atoms with E-state index in [-0.39, 0.29) is 4.90 Å². The molecule has 0 aliphatic carbocycles. The molecule has 1 amide bonds. The fraction of sp³-hybridized carbons (Fsp3) is 0.304. The number of nitrogens with one attached hydrogen (secondary N) is 1. The molecule has 2 aromatic rings. The van der Waals surface area contributed by atoms with Crippen LogP contribution in [0.25, 0.3) is 6.08 Å². The van der Waals surface area contributed by atoms with Gasteiger partial charge in [-0.05, 0) is 60.9 Å². The number of benzene rings is 2. The molecular weight excluding hydrogens is 452 g/mol. The maximum absolute atomic E-state index is 12.8. The summed E-state index contributed by atoms with van der Waals surface area (Å²) >= 11 is 5.79. The van der Waals surface area contributed by atoms with Gasteiger partial charge in [0.25, 0.3) is 5.91 Å². The van der Waals surface area contributed by atoms with Gasteiger partial charge in [-0.2, -0.15) is 4.31 Å². The van der Waals surface area contributed by atoms with Crippen molar-refractivity contribution in [2.45, 2.75) is 30.6 Å². The highest BCUT2D eigenvalue weighted by molar-refractivity contribution is 7.89. The van der Waals surface area contributed by atoms with E-state index in [1.165, 1.54) is 28.6 Å². The van der Waals surface area contributed by atoms with E-state index in [1.54, 1.807) is 36.4 Å². The van der Waals surface area contributed by atoms with Gasteiger partial charge in [-0.1, -0.05) is 36.6 Å². The number of sulfonamides is 1. The third-order valence-electron chi connectivity index (χ3n) is 4.97. The van der Waals surface area contributed by atoms with E-state index in [9.17, 15) is 18.0 Å². The molecule has 1 N–H and O–H groups in total. The molecule has 1 heterocycles. The summed E-state index contributed by atoms with van der Waals surface area (Å²) in [5.74, 6) is -1.16. The summed E-state index contributed by atoms with van der Waals surface area (Å²) in [4.78, 5) is 24.0. The fourth-order valence-corrected chi connectivity index (χ4v) is 4.90. The summed E-state index contributed by atoms with van der Waals surface area (Å²) in [7, 11) is -3.51. The van der Waals surface area contributed by atoms with Crippen LogP contribution >= 0.6 is 11.6 Å². The first-order chi connectivity index (χ1) is 15.3. The molecule has 32 heavy (non-hydrogen) atoms. The van der Waals surface area contributed by atoms with E-state index in [2.05, 4.69) is 5.32 Å². The Morgan fingerprint density at radius 3 is 2.22 bits per heavy atom. The van der Waals surface area contributed by atoms with Crippen LogP contribution in [0.15, 0.2) is 59.5 Å². The van der Waals surface area contributed by atoms with Crippen molar-refractivity contribution < 1.29 is 22.7 Å². The first kappa shape index (κ1) is 24.0. The molecule has 1 aliphatic rings. The lowest BCUT2D eigenvalue weighted by atomic mass is 10.2. The maximum atomic E-state index is 12.8. The summed E-state index contributed by atoms with van der Waals surface area (Å²) < 4.78 is 32.1. The van der Waals surface area contributed by atoms with Crippen LogP contribution in [0.1, 0.15) is 31.2 Å². The second kappa shape index (κ2) is 11.3. The van der Waals surface area contributed by atoms with Crippen molar-refractivity contribution in [3.63, 3.8) is 0 Å². The van der Waals surface area contributed by atoms with Crippen LogP contribution in [-0.4, -0.2) is 44.3 Å². The topological polar surface area (TPSA) is 92.8 Å². The van der Waals surface area contributed by atoms with E-state index in [0.717, 1.165) is 25.7 Å². The van der Waals surface area contributed by atoms with Gasteiger partial charge >= 0.3 is 5.97 Å². The summed E-state index contributed by atoms with van der Waals surface area (Å²) in [5.41, 5.74) is 1.18. The molecule has 2 aromatic carbocycles. The molecular formula is C23H25ClN2O5S. The van der Waals surface area contributed by atoms with Crippen molar-refractivity contribution in [3.8, 4) is 0 Å². The zero-order valence-electron chi connectivity index (χ0n) is 17.5. The SMILES string of the molecule is O=C(COC(=O)C=Cc1ccc(S(=O)(=O)N2CCCCCC2)cc1)Nc1ccc(Cl)cc1. The number of nitrogens with zero attached hydrogens (tertiary/aromatic N) is 1. The van der Waals surface area contributed by atoms with Crippen molar-refractivity contribution in [1.29, 1.82) is 0 Å². The predicted molar refractivity (Wildman–Crippen MR) is 124 cm³/mol. The minimum absolute atomic E-state index is 0.234. The number of carbonyl (C=O) groups is 2. The quantitative estimate of drug-likeness (QED) is 0.479. The van der Waals surface area contributed by atoms with Gasteiger partial charge in [0.1, 0.15) is 0 Å². The summed E-state index contributed by atoms with van der Waals surface area (Å²) in [5, 5.41) is 3.14. The first-order valence-electron chi connectivity index (χ1n) is 10.3. The lowest BCUT2D eigenvalue weighted by Gasteiger charge is -2.19. The highest BCUT2D eigenvalue weighted by atomic mass is 35.5. The number of amides is 1. The molecule has 1 fully saturated rings. The van der Waals surface area contributed by atoms with Gasteiger partial charge in [-0.3, -0.25) is 4.79 Å². The lowest BCUT2D eigenvalue weighted by Crippen LogP contribution is -2.31. The number of ether oxygens (including phenoxy) is 1. The summed E-state index contributed by atoms with van der Waals surface area (Å²) in [6.07, 6.45) is 6.54. The van der Waals surface area contributed by atoms with E-state index in [0.29, 0.717) is 29.4 Å². The Labute approximate surface area is 193 Å². The van der Waals surface area contributed by atoms with Gasteiger partial charge < -0.3 is 10.1 Å². The molecule has 0 unspecified atom stereocenters. The highest BCUT2D eigenvalue weighted by Crippen LogP contribution is 2.21. The molecule has 3 rings (SSSR count). The van der Waals surface area contributed by atoms with E-state index >= 15 is 0 Å². The van der Waals surface area contributed by atoms with Gasteiger partial charge in [0, 0.05) is 29.9 Å². The van der Waals surface area contributed by atoms with Crippen molar-refractivity contribution in [2.24, 2.45) is 0 Å². The Kier molecular flexibility index (Phi) is 8.44. The first-order valence-corrected chi connectivity index (χ1v) is 12.2. The van der Waals surface area contributed by atoms with E-state index in [1.807, 2.05) is 0 Å². The lowest BCUT2D eigenvalue weighted by molar-refractivity contribution is -0.142. The standard InChI is InChI=1S/C23H25ClN2O5S/c24-19-8-10-20(11-9-19)25-22(27)17-31-23(28)14-7-18-5-12-21(13-6-18)32(29,30)26-15-3-1-2-4-16-26/h5-14H,1-4,15-17H2,(H,25,27). The van der Waals surface area contributed by atoms with Crippen molar-refractivity contribution in [1.82, 2.24) is 4.31 Å². The number of rotatable bonds is 7. The van der Waals surface area contributed by atoms with Gasteiger partial charge in [-0.25, -0.2) is 13.2 Å². The Morgan fingerprint density at radius 2 is 1.59 bits per heavy atom. The molecule has 170 valence electrons. The molecule has 0 radical (unpaired) electrons. The second-order valence-corrected chi connectivity index (χ2v) is 9.76. The third kappa shape index (κ3) is 6.91. The highest BCUT2D eigenvalue weighted by Gasteiger charge is 2.24. The number of halogens is 1. The van der Waals surface area contributed by atoms with Gasteiger partial charge in [0.2, 0.25) is 10.0 Å². The zero-order valence-corrected chi connectivity index (χ0v) is 19.1. The maximum Gasteiger partial charge on any atom is 0.331 e. The minimum Gasteiger partial charge on any atom is -0.452 e. The Morgan fingerprint density at radius 1 is 0.969 bits per heavy atom. The Bertz CT molecular complexity index is 1060. The van der Waals surface area contributed by atoms with Crippen molar-refractivity contribution >= 4 is 45.3 Å². The average Bonchev–Trinajstić information content (AvgIpc) is 3.08. The minimum atomic E-state index is -3.51. The van der Waals surface area contributed by atoms with Crippen LogP contribution in [0.2, 0.25) is 5.02 Å². The summed E-state index contributed by atoms with van der Waals surface area (Å²) in [6, 6.07) is 12.9. The molecule has 0 saturated carbocycles. The predicted octanol–water partition coefficient (Wildman–Crippen LogP) is 4.10. The number of hydrogen-bond donors (Lipinski definition) is 1. The normalized spacial score (nSPS) is 15.3. The van der Waals surface area contributed by atoms with Crippen LogP contribution in [0.5, 0.6) is 0 Å². The zero-order chi connectivity index (χ0) is 23.0. The van der Waals surface area contributed by atoms with Crippen LogP contribution in [0, 0.1) is 0 Å². The molecule has 0 bridgehead atoms. The van der Waals surface area contributed by atoms with Crippen molar-refractivity contribution in [3.05, 3.63) is 65.2 Å². The Hall–Kier alpha value is -2.68. The Balaban J connectivity index is 1.50. The van der Waals surface area contributed by atoms with E-state index < -0.39 is 28.5 Å². The van der Waals surface area contributed by atoms with Crippen LogP contribution < -0.4 is 5.32 Å². The van der Waals surface area contributed by atoms with E-state index in [4.69, 9.17) is 16.3 Å². The van der Waals surface area contributed by atoms with Crippen LogP contribution in [0.3, 0.4) is 0 Å². The van der Waals surface area contributed by atoms with Gasteiger partial charge in [0.05, 0.1) is 4.90 Å². The van der Waals surface area contributed by atoms with Crippen molar-refractivity contribution in [2.75, 3.05) is 25.0 Å². The largest absolute Gasteiger partial charge is 0.452 e. The molecule has 1 saturated heterocycles. The van der Waals surface area contributed by atoms with Crippen LogP contribution in [-0.2, 0) is 24.3 Å².